The standard InChI is InChI=1S/C70H48F2N4/c1-43-14-6-10-18-55(43)50-38-61(57-20-12-8-16-45(57)3)69(63(71)40-50)75(53-30-22-47(42-73)23-31-53)65-36-26-48-25-35-60-66(37-27-49-24-34-59(65)67(48)68(49)60)76(54-32-28-52(74-5)29-33-54)70-62(58-21-13-9-17-46(58)4)39-51(41-64(70)72)56-19-11-7-15-44(56)2/h6-41H,1-4H3. The summed E-state index contributed by atoms with van der Waals surface area (Å²) in [6, 6.07) is 73.4. The predicted molar refractivity (Wildman–Crippen MR) is 311 cm³/mol. The molecule has 12 aromatic rings. The summed E-state index contributed by atoms with van der Waals surface area (Å²) in [6.45, 7) is 16.0. The molecule has 76 heavy (non-hydrogen) atoms. The minimum Gasteiger partial charge on any atom is -0.307 e. The first-order chi connectivity index (χ1) is 37.1. The van der Waals surface area contributed by atoms with Crippen molar-refractivity contribution in [3.8, 4) is 50.6 Å². The molecule has 12 rings (SSSR count). The van der Waals surface area contributed by atoms with E-state index in [1.165, 1.54) is 0 Å². The summed E-state index contributed by atoms with van der Waals surface area (Å²) in [7, 11) is 0. The second kappa shape index (κ2) is 19.2. The summed E-state index contributed by atoms with van der Waals surface area (Å²) in [4.78, 5) is 7.71. The van der Waals surface area contributed by atoms with E-state index in [0.717, 1.165) is 105 Å². The normalized spacial score (nSPS) is 11.3. The molecule has 0 aliphatic carbocycles. The first-order valence-electron chi connectivity index (χ1n) is 25.3. The van der Waals surface area contributed by atoms with Crippen molar-refractivity contribution >= 4 is 72.1 Å². The van der Waals surface area contributed by atoms with Crippen LogP contribution in [0.5, 0.6) is 0 Å². The molecule has 0 saturated heterocycles. The van der Waals surface area contributed by atoms with Crippen molar-refractivity contribution in [1.82, 2.24) is 0 Å². The molecule has 0 bridgehead atoms. The Bertz CT molecular complexity index is 4050. The second-order valence-corrected chi connectivity index (χ2v) is 19.5. The van der Waals surface area contributed by atoms with Gasteiger partial charge in [0, 0.05) is 33.3 Å². The fourth-order valence-corrected chi connectivity index (χ4v) is 11.2. The summed E-state index contributed by atoms with van der Waals surface area (Å²) < 4.78 is 36.1. The Morgan fingerprint density at radius 3 is 1.16 bits per heavy atom. The summed E-state index contributed by atoms with van der Waals surface area (Å²) in [5.74, 6) is -0.810. The van der Waals surface area contributed by atoms with Gasteiger partial charge in [0.15, 0.2) is 5.69 Å². The zero-order chi connectivity index (χ0) is 52.2. The van der Waals surface area contributed by atoms with Crippen LogP contribution >= 0.6 is 0 Å². The molecule has 0 heterocycles. The molecule has 0 fully saturated rings. The molecule has 0 aliphatic heterocycles. The van der Waals surface area contributed by atoms with Gasteiger partial charge in [0.25, 0.3) is 0 Å². The zero-order valence-corrected chi connectivity index (χ0v) is 42.3. The average Bonchev–Trinajstić information content (AvgIpc) is 3.54. The lowest BCUT2D eigenvalue weighted by atomic mass is 9.89. The van der Waals surface area contributed by atoms with E-state index >= 15 is 8.78 Å². The number of hydrogen-bond donors (Lipinski definition) is 0. The van der Waals surface area contributed by atoms with Gasteiger partial charge < -0.3 is 9.80 Å². The van der Waals surface area contributed by atoms with Gasteiger partial charge in [0.05, 0.1) is 41.0 Å². The van der Waals surface area contributed by atoms with Gasteiger partial charge in [-0.05, 0) is 178 Å². The van der Waals surface area contributed by atoms with Crippen LogP contribution in [0.1, 0.15) is 27.8 Å². The highest BCUT2D eigenvalue weighted by atomic mass is 19.1. The fourth-order valence-electron chi connectivity index (χ4n) is 11.2. The SMILES string of the molecule is [C-]#[N+]c1ccc(N(c2c(F)cc(-c3ccccc3C)cc2-c2ccccc2C)c2ccc3ccc4c(N(c5ccc(C#N)cc5)c5c(F)cc(-c6ccccc6C)cc5-c5ccccc5C)ccc5ccc2c3c54)cc1. The molecule has 0 N–H and O–H groups in total. The van der Waals surface area contributed by atoms with Crippen LogP contribution in [0.15, 0.2) is 218 Å². The Morgan fingerprint density at radius 1 is 0.408 bits per heavy atom. The maximum absolute atomic E-state index is 18.0. The Balaban J connectivity index is 1.14. The third-order valence-corrected chi connectivity index (χ3v) is 14.9. The summed E-state index contributed by atoms with van der Waals surface area (Å²) in [6.07, 6.45) is 0. The van der Waals surface area contributed by atoms with Gasteiger partial charge in [0.1, 0.15) is 11.6 Å². The lowest BCUT2D eigenvalue weighted by Crippen LogP contribution is -2.15. The lowest BCUT2D eigenvalue weighted by Gasteiger charge is -2.32. The van der Waals surface area contributed by atoms with Crippen LogP contribution in [0.3, 0.4) is 0 Å². The molecule has 0 amide bonds. The number of rotatable bonds is 10. The third kappa shape index (κ3) is 8.05. The Hall–Kier alpha value is -9.88. The molecule has 12 aromatic carbocycles. The van der Waals surface area contributed by atoms with E-state index in [4.69, 9.17) is 6.57 Å². The first-order valence-corrected chi connectivity index (χ1v) is 25.3. The average molecular weight is 983 g/mol. The van der Waals surface area contributed by atoms with Gasteiger partial charge in [-0.15, -0.1) is 0 Å². The summed E-state index contributed by atoms with van der Waals surface area (Å²) in [5.41, 5.74) is 15.2. The van der Waals surface area contributed by atoms with Crippen LogP contribution in [-0.2, 0) is 0 Å². The fraction of sp³-hybridized carbons (Fsp3) is 0.0571. The number of nitriles is 1. The molecular formula is C70H48F2N4. The van der Waals surface area contributed by atoms with Crippen molar-refractivity contribution in [3.63, 3.8) is 0 Å². The molecule has 362 valence electrons. The lowest BCUT2D eigenvalue weighted by molar-refractivity contribution is 0.629. The van der Waals surface area contributed by atoms with E-state index in [-0.39, 0.29) is 0 Å². The highest BCUT2D eigenvalue weighted by molar-refractivity contribution is 6.28. The van der Waals surface area contributed by atoms with Gasteiger partial charge in [-0.1, -0.05) is 146 Å². The second-order valence-electron chi connectivity index (χ2n) is 19.5. The van der Waals surface area contributed by atoms with E-state index in [9.17, 15) is 5.26 Å². The van der Waals surface area contributed by atoms with E-state index in [1.54, 1.807) is 36.4 Å². The molecule has 0 radical (unpaired) electrons. The maximum atomic E-state index is 18.0. The van der Waals surface area contributed by atoms with Crippen LogP contribution in [0.4, 0.5) is 48.6 Å². The van der Waals surface area contributed by atoms with E-state index < -0.39 is 11.6 Å². The number of hydrogen-bond acceptors (Lipinski definition) is 3. The van der Waals surface area contributed by atoms with Crippen LogP contribution in [0.2, 0.25) is 0 Å². The number of halogens is 2. The molecular weight excluding hydrogens is 935 g/mol. The van der Waals surface area contributed by atoms with Crippen LogP contribution in [0.25, 0.3) is 81.7 Å². The van der Waals surface area contributed by atoms with Gasteiger partial charge >= 0.3 is 0 Å². The Morgan fingerprint density at radius 2 is 0.776 bits per heavy atom. The van der Waals surface area contributed by atoms with Crippen LogP contribution in [0, 0.1) is 57.2 Å². The van der Waals surface area contributed by atoms with Crippen LogP contribution < -0.4 is 9.80 Å². The van der Waals surface area contributed by atoms with Crippen molar-refractivity contribution in [1.29, 1.82) is 5.26 Å². The molecule has 0 aliphatic rings. The molecule has 0 aromatic heterocycles. The van der Waals surface area contributed by atoms with Crippen molar-refractivity contribution in [2.45, 2.75) is 27.7 Å². The highest BCUT2D eigenvalue weighted by Gasteiger charge is 2.29. The first kappa shape index (κ1) is 47.1. The quantitative estimate of drug-likeness (QED) is 0.101. The van der Waals surface area contributed by atoms with Crippen molar-refractivity contribution in [3.05, 3.63) is 269 Å². The summed E-state index contributed by atoms with van der Waals surface area (Å²) in [5, 5.41) is 15.6. The monoisotopic (exact) mass is 982 g/mol. The van der Waals surface area contributed by atoms with Gasteiger partial charge in [-0.25, -0.2) is 13.6 Å². The number of aryl methyl sites for hydroxylation is 4. The maximum Gasteiger partial charge on any atom is 0.187 e. The van der Waals surface area contributed by atoms with Gasteiger partial charge in [-0.3, -0.25) is 0 Å². The van der Waals surface area contributed by atoms with Crippen molar-refractivity contribution < 1.29 is 8.78 Å². The van der Waals surface area contributed by atoms with Gasteiger partial charge in [-0.2, -0.15) is 5.26 Å². The van der Waals surface area contributed by atoms with E-state index in [1.807, 2.05) is 146 Å². The molecule has 4 nitrogen and oxygen atoms in total. The largest absolute Gasteiger partial charge is 0.307 e. The molecule has 0 spiro atoms. The van der Waals surface area contributed by atoms with Crippen molar-refractivity contribution in [2.75, 3.05) is 9.80 Å². The molecule has 0 atom stereocenters. The van der Waals surface area contributed by atoms with Gasteiger partial charge in [0.2, 0.25) is 0 Å². The predicted octanol–water partition coefficient (Wildman–Crippen LogP) is 20.1. The van der Waals surface area contributed by atoms with E-state index in [2.05, 4.69) is 84.6 Å². The van der Waals surface area contributed by atoms with Crippen LogP contribution in [-0.4, -0.2) is 0 Å². The topological polar surface area (TPSA) is 34.6 Å². The third-order valence-electron chi connectivity index (χ3n) is 14.9. The minimum absolute atomic E-state index is 0.370. The molecule has 0 saturated carbocycles. The smallest absolute Gasteiger partial charge is 0.187 e. The minimum atomic E-state index is -0.406. The summed E-state index contributed by atoms with van der Waals surface area (Å²) >= 11 is 0. The Kier molecular flexibility index (Phi) is 11.9. The molecule has 6 heteroatoms. The number of nitrogens with zero attached hydrogens (tertiary/aromatic N) is 4. The number of anilines is 6. The zero-order valence-electron chi connectivity index (χ0n) is 42.3. The number of benzene rings is 12. The van der Waals surface area contributed by atoms with Crippen molar-refractivity contribution in [2.24, 2.45) is 0 Å². The van der Waals surface area contributed by atoms with E-state index in [0.29, 0.717) is 39.6 Å². The molecule has 0 unspecified atom stereocenters. The Labute approximate surface area is 441 Å². The highest BCUT2D eigenvalue weighted by Crippen LogP contribution is 2.52.